The number of hydrogen-bond donors (Lipinski definition) is 1. The molecule has 1 aromatic carbocycles. The summed E-state index contributed by atoms with van der Waals surface area (Å²) in [5.74, 6) is 0.840. The van der Waals surface area contributed by atoms with Gasteiger partial charge in [0.15, 0.2) is 0 Å². The van der Waals surface area contributed by atoms with E-state index in [9.17, 15) is 0 Å². The van der Waals surface area contributed by atoms with Gasteiger partial charge in [-0.05, 0) is 19.4 Å². The Balaban J connectivity index is 2.17. The summed E-state index contributed by atoms with van der Waals surface area (Å²) in [6, 6.07) is 5.90. The van der Waals surface area contributed by atoms with Gasteiger partial charge in [-0.3, -0.25) is 0 Å². The summed E-state index contributed by atoms with van der Waals surface area (Å²) < 4.78 is 11.0. The number of hydrogen-bond acceptors (Lipinski definition) is 4. The predicted molar refractivity (Wildman–Crippen MR) is 69.7 cm³/mol. The molecule has 0 unspecified atom stereocenters. The molecule has 2 rings (SSSR count). The molecule has 2 N–H and O–H groups in total. The molecule has 1 aromatic rings. The molecular weight excluding hydrogens is 216 g/mol. The van der Waals surface area contributed by atoms with Gasteiger partial charge >= 0.3 is 0 Å². The molecule has 94 valence electrons. The Labute approximate surface area is 102 Å². The zero-order chi connectivity index (χ0) is 12.1. The lowest BCUT2D eigenvalue weighted by Crippen LogP contribution is -2.25. The summed E-state index contributed by atoms with van der Waals surface area (Å²) in [5.41, 5.74) is 7.77. The van der Waals surface area contributed by atoms with Crippen LogP contribution in [0.3, 0.4) is 0 Å². The predicted octanol–water partition coefficient (Wildman–Crippen LogP) is 1.89. The SMILES string of the molecule is CCOc1cc(N)cc(N2CCCOCC2)c1. The van der Waals surface area contributed by atoms with Gasteiger partial charge in [0.1, 0.15) is 5.75 Å². The zero-order valence-electron chi connectivity index (χ0n) is 10.3. The maximum absolute atomic E-state index is 5.90. The first kappa shape index (κ1) is 12.0. The molecular formula is C13H20N2O2. The van der Waals surface area contributed by atoms with Crippen LogP contribution in [0, 0.1) is 0 Å². The van der Waals surface area contributed by atoms with Crippen molar-refractivity contribution < 1.29 is 9.47 Å². The third-order valence-corrected chi connectivity index (χ3v) is 2.81. The number of nitrogens with two attached hydrogens (primary N) is 1. The quantitative estimate of drug-likeness (QED) is 0.814. The van der Waals surface area contributed by atoms with Crippen molar-refractivity contribution >= 4 is 11.4 Å². The lowest BCUT2D eigenvalue weighted by atomic mass is 10.2. The molecule has 0 radical (unpaired) electrons. The van der Waals surface area contributed by atoms with Gasteiger partial charge in [0.2, 0.25) is 0 Å². The first-order chi connectivity index (χ1) is 8.29. The van der Waals surface area contributed by atoms with E-state index in [2.05, 4.69) is 4.90 Å². The highest BCUT2D eigenvalue weighted by Gasteiger charge is 2.11. The minimum absolute atomic E-state index is 0.659. The van der Waals surface area contributed by atoms with Crippen LogP contribution in [0.4, 0.5) is 11.4 Å². The van der Waals surface area contributed by atoms with E-state index in [0.717, 1.165) is 49.8 Å². The van der Waals surface area contributed by atoms with Crippen LogP contribution in [0.5, 0.6) is 5.75 Å². The Morgan fingerprint density at radius 2 is 2.18 bits per heavy atom. The molecule has 4 heteroatoms. The number of benzene rings is 1. The van der Waals surface area contributed by atoms with Gasteiger partial charge in [0.25, 0.3) is 0 Å². The van der Waals surface area contributed by atoms with E-state index in [1.807, 2.05) is 25.1 Å². The van der Waals surface area contributed by atoms with E-state index < -0.39 is 0 Å². The van der Waals surface area contributed by atoms with Crippen molar-refractivity contribution in [3.8, 4) is 5.75 Å². The maximum Gasteiger partial charge on any atom is 0.123 e. The summed E-state index contributed by atoms with van der Waals surface area (Å²) in [6.45, 7) is 6.18. The molecule has 1 aliphatic heterocycles. The maximum atomic E-state index is 5.90. The van der Waals surface area contributed by atoms with E-state index in [-0.39, 0.29) is 0 Å². The second-order valence-corrected chi connectivity index (χ2v) is 4.15. The van der Waals surface area contributed by atoms with Crippen molar-refractivity contribution in [3.05, 3.63) is 18.2 Å². The lowest BCUT2D eigenvalue weighted by Gasteiger charge is -2.23. The molecule has 0 saturated carbocycles. The fraction of sp³-hybridized carbons (Fsp3) is 0.538. The smallest absolute Gasteiger partial charge is 0.123 e. The monoisotopic (exact) mass is 236 g/mol. The Morgan fingerprint density at radius 3 is 3.00 bits per heavy atom. The van der Waals surface area contributed by atoms with Crippen LogP contribution in [0.15, 0.2) is 18.2 Å². The molecule has 0 aromatic heterocycles. The fourth-order valence-corrected chi connectivity index (χ4v) is 2.04. The summed E-state index contributed by atoms with van der Waals surface area (Å²) in [7, 11) is 0. The van der Waals surface area contributed by atoms with E-state index in [1.165, 1.54) is 0 Å². The minimum Gasteiger partial charge on any atom is -0.494 e. The Hall–Kier alpha value is -1.42. The topological polar surface area (TPSA) is 47.7 Å². The Kier molecular flexibility index (Phi) is 4.09. The molecule has 0 amide bonds. The largest absolute Gasteiger partial charge is 0.494 e. The molecule has 0 bridgehead atoms. The van der Waals surface area contributed by atoms with Crippen LogP contribution in [0.1, 0.15) is 13.3 Å². The molecule has 1 fully saturated rings. The molecule has 0 spiro atoms. The number of nitrogen functional groups attached to an aromatic ring is 1. The van der Waals surface area contributed by atoms with Crippen molar-refractivity contribution in [1.82, 2.24) is 0 Å². The molecule has 1 heterocycles. The summed E-state index contributed by atoms with van der Waals surface area (Å²) in [5, 5.41) is 0. The molecule has 4 nitrogen and oxygen atoms in total. The number of anilines is 2. The van der Waals surface area contributed by atoms with E-state index >= 15 is 0 Å². The average molecular weight is 236 g/mol. The molecule has 1 saturated heterocycles. The number of ether oxygens (including phenoxy) is 2. The summed E-state index contributed by atoms with van der Waals surface area (Å²) >= 11 is 0. The van der Waals surface area contributed by atoms with Crippen molar-refractivity contribution in [2.24, 2.45) is 0 Å². The summed E-state index contributed by atoms with van der Waals surface area (Å²) in [6.07, 6.45) is 1.05. The lowest BCUT2D eigenvalue weighted by molar-refractivity contribution is 0.152. The number of rotatable bonds is 3. The van der Waals surface area contributed by atoms with Crippen LogP contribution in [-0.2, 0) is 4.74 Å². The van der Waals surface area contributed by atoms with Gasteiger partial charge in [0, 0.05) is 43.2 Å². The normalized spacial score (nSPS) is 16.6. The standard InChI is InChI=1S/C13H20N2O2/c1-2-17-13-9-11(14)8-12(10-13)15-4-3-6-16-7-5-15/h8-10H,2-7,14H2,1H3. The number of nitrogens with zero attached hydrogens (tertiary/aromatic N) is 1. The van der Waals surface area contributed by atoms with E-state index in [4.69, 9.17) is 15.2 Å². The van der Waals surface area contributed by atoms with Crippen LogP contribution < -0.4 is 15.4 Å². The van der Waals surface area contributed by atoms with Gasteiger partial charge in [-0.25, -0.2) is 0 Å². The third kappa shape index (κ3) is 3.27. The first-order valence-electron chi connectivity index (χ1n) is 6.15. The second kappa shape index (κ2) is 5.77. The van der Waals surface area contributed by atoms with Gasteiger partial charge in [-0.2, -0.15) is 0 Å². The van der Waals surface area contributed by atoms with E-state index in [0.29, 0.717) is 6.61 Å². The second-order valence-electron chi connectivity index (χ2n) is 4.15. The van der Waals surface area contributed by atoms with Gasteiger partial charge in [-0.1, -0.05) is 0 Å². The van der Waals surface area contributed by atoms with Crippen molar-refractivity contribution in [3.63, 3.8) is 0 Å². The van der Waals surface area contributed by atoms with Crippen LogP contribution in [0.2, 0.25) is 0 Å². The van der Waals surface area contributed by atoms with Crippen LogP contribution >= 0.6 is 0 Å². The highest BCUT2D eigenvalue weighted by Crippen LogP contribution is 2.26. The average Bonchev–Trinajstić information content (AvgIpc) is 2.57. The molecule has 0 atom stereocenters. The molecule has 17 heavy (non-hydrogen) atoms. The highest BCUT2D eigenvalue weighted by atomic mass is 16.5. The highest BCUT2D eigenvalue weighted by molar-refractivity contribution is 5.60. The Morgan fingerprint density at radius 1 is 1.29 bits per heavy atom. The first-order valence-corrected chi connectivity index (χ1v) is 6.15. The van der Waals surface area contributed by atoms with Crippen LogP contribution in [-0.4, -0.2) is 32.9 Å². The third-order valence-electron chi connectivity index (χ3n) is 2.81. The molecule has 0 aliphatic carbocycles. The van der Waals surface area contributed by atoms with Gasteiger partial charge < -0.3 is 20.1 Å². The van der Waals surface area contributed by atoms with Crippen molar-refractivity contribution in [2.75, 3.05) is 43.5 Å². The minimum atomic E-state index is 0.659. The Bertz CT molecular complexity index is 360. The van der Waals surface area contributed by atoms with Gasteiger partial charge in [0.05, 0.1) is 13.2 Å². The van der Waals surface area contributed by atoms with E-state index in [1.54, 1.807) is 0 Å². The fourth-order valence-electron chi connectivity index (χ4n) is 2.04. The van der Waals surface area contributed by atoms with Crippen molar-refractivity contribution in [2.45, 2.75) is 13.3 Å². The molecule has 1 aliphatic rings. The van der Waals surface area contributed by atoms with Gasteiger partial charge in [-0.15, -0.1) is 0 Å². The van der Waals surface area contributed by atoms with Crippen molar-refractivity contribution in [1.29, 1.82) is 0 Å². The summed E-state index contributed by atoms with van der Waals surface area (Å²) in [4.78, 5) is 2.30. The van der Waals surface area contributed by atoms with Crippen LogP contribution in [0.25, 0.3) is 0 Å². The zero-order valence-corrected chi connectivity index (χ0v) is 10.3.